The van der Waals surface area contributed by atoms with E-state index in [1.807, 2.05) is 0 Å². The molecule has 21 heavy (non-hydrogen) atoms. The molecule has 8 heteroatoms. The molecule has 0 bridgehead atoms. The van der Waals surface area contributed by atoms with Gasteiger partial charge in [-0.05, 0) is 12.5 Å². The van der Waals surface area contributed by atoms with Crippen molar-refractivity contribution in [3.8, 4) is 0 Å². The van der Waals surface area contributed by atoms with Gasteiger partial charge in [-0.25, -0.2) is 9.59 Å². The number of nitrogens with two attached hydrogens (primary N) is 1. The summed E-state index contributed by atoms with van der Waals surface area (Å²) in [5.74, 6) is -2.55. The minimum absolute atomic E-state index is 0.00759. The van der Waals surface area contributed by atoms with Crippen molar-refractivity contribution in [3.05, 3.63) is 35.9 Å². The van der Waals surface area contributed by atoms with E-state index < -0.39 is 24.3 Å². The average Bonchev–Trinajstić information content (AvgIpc) is 2.37. The van der Waals surface area contributed by atoms with E-state index in [0.717, 1.165) is 4.90 Å². The van der Waals surface area contributed by atoms with Crippen LogP contribution in [0.25, 0.3) is 0 Å². The number of carbonyl (C=O) groups excluding carboxylic acids is 2. The topological polar surface area (TPSA) is 72.6 Å². The van der Waals surface area contributed by atoms with E-state index in [1.54, 1.807) is 37.3 Å². The van der Waals surface area contributed by atoms with Crippen LogP contribution in [0.5, 0.6) is 0 Å². The minimum Gasteiger partial charge on any atom is -0.369 e. The van der Waals surface area contributed by atoms with Crippen molar-refractivity contribution in [1.29, 1.82) is 0 Å². The molecule has 0 aliphatic heterocycles. The third kappa shape index (κ3) is 5.82. The van der Waals surface area contributed by atoms with Gasteiger partial charge in [0.15, 0.2) is 0 Å². The second-order valence-electron chi connectivity index (χ2n) is 4.50. The molecule has 0 heterocycles. The third-order valence-corrected chi connectivity index (χ3v) is 2.39. The lowest BCUT2D eigenvalue weighted by Crippen LogP contribution is -2.42. The molecular weight excluding hydrogens is 289 g/mol. The Morgan fingerprint density at radius 3 is 2.33 bits per heavy atom. The van der Waals surface area contributed by atoms with Gasteiger partial charge in [0.1, 0.15) is 0 Å². The summed E-state index contributed by atoms with van der Waals surface area (Å²) in [5, 5.41) is 0. The van der Waals surface area contributed by atoms with Crippen molar-refractivity contribution in [1.82, 2.24) is 4.90 Å². The number of rotatable bonds is 4. The fourth-order valence-electron chi connectivity index (χ4n) is 1.56. The lowest BCUT2D eigenvalue weighted by atomic mass is 10.2. The Labute approximate surface area is 119 Å². The highest BCUT2D eigenvalue weighted by Crippen LogP contribution is 2.17. The Morgan fingerprint density at radius 1 is 1.29 bits per heavy atom. The molecule has 2 N–H and O–H groups in total. The summed E-state index contributed by atoms with van der Waals surface area (Å²) < 4.78 is 40.1. The van der Waals surface area contributed by atoms with E-state index in [1.165, 1.54) is 0 Å². The lowest BCUT2D eigenvalue weighted by Gasteiger charge is -2.23. The predicted octanol–water partition coefficient (Wildman–Crippen LogP) is 2.06. The summed E-state index contributed by atoms with van der Waals surface area (Å²) in [6.45, 7) is 1.53. The zero-order valence-corrected chi connectivity index (χ0v) is 11.3. The van der Waals surface area contributed by atoms with Crippen LogP contribution in [0.1, 0.15) is 12.5 Å². The predicted molar refractivity (Wildman–Crippen MR) is 68.0 cm³/mol. The van der Waals surface area contributed by atoms with Gasteiger partial charge in [0.2, 0.25) is 0 Å². The summed E-state index contributed by atoms with van der Waals surface area (Å²) in [5.41, 5.74) is 6.22. The molecule has 116 valence electrons. The molecule has 1 aromatic rings. The van der Waals surface area contributed by atoms with Crippen molar-refractivity contribution in [3.63, 3.8) is 0 Å². The first-order valence-electron chi connectivity index (χ1n) is 6.07. The van der Waals surface area contributed by atoms with Gasteiger partial charge in [0, 0.05) is 19.1 Å². The van der Waals surface area contributed by atoms with E-state index in [0.29, 0.717) is 5.56 Å². The highest BCUT2D eigenvalue weighted by Gasteiger charge is 2.43. The summed E-state index contributed by atoms with van der Waals surface area (Å²) in [6.07, 6.45) is -6.60. The average molecular weight is 304 g/mol. The first-order chi connectivity index (χ1) is 9.70. The molecule has 0 aliphatic carbocycles. The summed E-state index contributed by atoms with van der Waals surface area (Å²) in [7, 11) is 0. The van der Waals surface area contributed by atoms with E-state index in [2.05, 4.69) is 4.74 Å². The quantitative estimate of drug-likeness (QED) is 0.682. The molecule has 0 aromatic heterocycles. The first-order valence-corrected chi connectivity index (χ1v) is 6.07. The third-order valence-electron chi connectivity index (χ3n) is 2.39. The van der Waals surface area contributed by atoms with Crippen LogP contribution in [0.4, 0.5) is 18.0 Å². The first kappa shape index (κ1) is 17.0. The van der Waals surface area contributed by atoms with Crippen LogP contribution < -0.4 is 5.73 Å². The SMILES string of the molecule is C[C@@H](N)CN(Cc1ccccc1)C(=O)OC(=O)C(F)(F)F. The van der Waals surface area contributed by atoms with Gasteiger partial charge in [0.25, 0.3) is 0 Å². The summed E-state index contributed by atoms with van der Waals surface area (Å²) >= 11 is 0. The van der Waals surface area contributed by atoms with Gasteiger partial charge < -0.3 is 15.4 Å². The van der Waals surface area contributed by atoms with Gasteiger partial charge in [-0.1, -0.05) is 30.3 Å². The number of hydrogen-bond donors (Lipinski definition) is 1. The van der Waals surface area contributed by atoms with Crippen LogP contribution >= 0.6 is 0 Å². The van der Waals surface area contributed by atoms with Gasteiger partial charge in [0.05, 0.1) is 0 Å². The lowest BCUT2D eigenvalue weighted by molar-refractivity contribution is -0.193. The fraction of sp³-hybridized carbons (Fsp3) is 0.385. The van der Waals surface area contributed by atoms with E-state index >= 15 is 0 Å². The van der Waals surface area contributed by atoms with Gasteiger partial charge in [-0.3, -0.25) is 0 Å². The second-order valence-corrected chi connectivity index (χ2v) is 4.50. The Bertz CT molecular complexity index is 489. The number of nitrogens with zero attached hydrogens (tertiary/aromatic N) is 1. The molecule has 5 nitrogen and oxygen atoms in total. The number of carbonyl (C=O) groups is 2. The maximum Gasteiger partial charge on any atom is 0.491 e. The van der Waals surface area contributed by atoms with E-state index in [9.17, 15) is 22.8 Å². The van der Waals surface area contributed by atoms with Crippen molar-refractivity contribution < 1.29 is 27.5 Å². The smallest absolute Gasteiger partial charge is 0.369 e. The van der Waals surface area contributed by atoms with Crippen molar-refractivity contribution in [2.45, 2.75) is 25.7 Å². The van der Waals surface area contributed by atoms with Crippen molar-refractivity contribution >= 4 is 12.1 Å². The molecule has 1 aromatic carbocycles. The Kier molecular flexibility index (Phi) is 5.71. The molecule has 0 fully saturated rings. The summed E-state index contributed by atoms with van der Waals surface area (Å²) in [4.78, 5) is 23.3. The number of amides is 1. The second kappa shape index (κ2) is 7.07. The number of esters is 1. The zero-order chi connectivity index (χ0) is 16.0. The van der Waals surface area contributed by atoms with E-state index in [4.69, 9.17) is 5.73 Å². The number of halogens is 3. The number of benzene rings is 1. The van der Waals surface area contributed by atoms with Crippen molar-refractivity contribution in [2.75, 3.05) is 6.54 Å². The molecule has 0 unspecified atom stereocenters. The maximum absolute atomic E-state index is 12.1. The maximum atomic E-state index is 12.1. The van der Waals surface area contributed by atoms with Crippen molar-refractivity contribution in [2.24, 2.45) is 5.73 Å². The molecule has 1 amide bonds. The monoisotopic (exact) mass is 304 g/mol. The molecule has 0 aliphatic rings. The van der Waals surface area contributed by atoms with Crippen LogP contribution in [0, 0.1) is 0 Å². The van der Waals surface area contributed by atoms with Gasteiger partial charge >= 0.3 is 18.2 Å². The van der Waals surface area contributed by atoms with Gasteiger partial charge in [-0.15, -0.1) is 0 Å². The zero-order valence-electron chi connectivity index (χ0n) is 11.3. The molecule has 0 saturated carbocycles. The highest BCUT2D eigenvalue weighted by atomic mass is 19.4. The highest BCUT2D eigenvalue weighted by molar-refractivity contribution is 5.87. The molecule has 0 spiro atoms. The number of alkyl halides is 3. The van der Waals surface area contributed by atoms with Crippen LogP contribution in [-0.4, -0.2) is 35.7 Å². The molecule has 0 radical (unpaired) electrons. The van der Waals surface area contributed by atoms with Crippen LogP contribution in [0.15, 0.2) is 30.3 Å². The molecule has 0 saturated heterocycles. The molecular formula is C13H15F3N2O3. The van der Waals surface area contributed by atoms with Crippen LogP contribution in [0.3, 0.4) is 0 Å². The molecule has 1 atom stereocenters. The number of hydrogen-bond acceptors (Lipinski definition) is 4. The van der Waals surface area contributed by atoms with Crippen LogP contribution in [-0.2, 0) is 16.1 Å². The number of ether oxygens (including phenoxy) is 1. The molecule has 1 rings (SSSR count). The Morgan fingerprint density at radius 2 is 1.86 bits per heavy atom. The fourth-order valence-corrected chi connectivity index (χ4v) is 1.56. The normalized spacial score (nSPS) is 12.6. The van der Waals surface area contributed by atoms with Gasteiger partial charge in [-0.2, -0.15) is 13.2 Å². The standard InChI is InChI=1S/C13H15F3N2O3/c1-9(17)7-18(8-10-5-3-2-4-6-10)12(20)21-11(19)13(14,15)16/h2-6,9H,7-8,17H2,1H3/t9-/m1/s1. The van der Waals surface area contributed by atoms with E-state index in [-0.39, 0.29) is 13.1 Å². The summed E-state index contributed by atoms with van der Waals surface area (Å²) in [6, 6.07) is 8.07. The minimum atomic E-state index is -5.22. The Hall–Kier alpha value is -2.09. The largest absolute Gasteiger partial charge is 0.491 e. The Balaban J connectivity index is 2.77. The van der Waals surface area contributed by atoms with Crippen LogP contribution in [0.2, 0.25) is 0 Å².